The van der Waals surface area contributed by atoms with Crippen LogP contribution in [0.25, 0.3) is 0 Å². The number of methoxy groups -OCH3 is 1. The van der Waals surface area contributed by atoms with E-state index in [9.17, 15) is 9.59 Å². The van der Waals surface area contributed by atoms with Crippen LogP contribution < -0.4 is 10.1 Å². The monoisotopic (exact) mass is 460 g/mol. The minimum Gasteiger partial charge on any atom is -0.497 e. The molecule has 29 heavy (non-hydrogen) atoms. The van der Waals surface area contributed by atoms with E-state index in [4.69, 9.17) is 9.47 Å². The molecule has 0 saturated heterocycles. The number of hydrogen-bond donors (Lipinski definition) is 1. The highest BCUT2D eigenvalue weighted by molar-refractivity contribution is 9.10. The number of ether oxygens (including phenoxy) is 2. The van der Waals surface area contributed by atoms with Crippen molar-refractivity contribution in [1.82, 2.24) is 4.90 Å². The fraction of sp³-hybridized carbons (Fsp3) is 0.364. The summed E-state index contributed by atoms with van der Waals surface area (Å²) in [7, 11) is 1.61. The van der Waals surface area contributed by atoms with Crippen molar-refractivity contribution in [3.05, 3.63) is 58.1 Å². The molecule has 2 aromatic rings. The lowest BCUT2D eigenvalue weighted by Crippen LogP contribution is -2.52. The predicted molar refractivity (Wildman–Crippen MR) is 115 cm³/mol. The van der Waals surface area contributed by atoms with Gasteiger partial charge < -0.3 is 14.8 Å². The second-order valence-corrected chi connectivity index (χ2v) is 8.87. The topological polar surface area (TPSA) is 67.9 Å². The molecule has 0 bridgehead atoms. The van der Waals surface area contributed by atoms with Crippen molar-refractivity contribution in [2.45, 2.75) is 45.4 Å². The normalized spacial score (nSPS) is 16.0. The van der Waals surface area contributed by atoms with Crippen molar-refractivity contribution < 1.29 is 19.1 Å². The summed E-state index contributed by atoms with van der Waals surface area (Å²) in [5.41, 5.74) is 1.98. The molecule has 1 aliphatic rings. The summed E-state index contributed by atoms with van der Waals surface area (Å²) in [6.45, 7) is 5.73. The number of nitrogens with zero attached hydrogens (tertiary/aromatic N) is 1. The minimum atomic E-state index is -0.687. The molecule has 0 aliphatic carbocycles. The highest BCUT2D eigenvalue weighted by Gasteiger charge is 2.37. The average molecular weight is 461 g/mol. The van der Waals surface area contributed by atoms with E-state index in [1.807, 2.05) is 51.1 Å². The molecular formula is C22H25BrN2O4. The van der Waals surface area contributed by atoms with Crippen molar-refractivity contribution in [3.63, 3.8) is 0 Å². The molecule has 3 rings (SSSR count). The number of halogens is 1. The van der Waals surface area contributed by atoms with Gasteiger partial charge in [0.25, 0.3) is 0 Å². The number of hydrogen-bond acceptors (Lipinski definition) is 4. The molecule has 0 unspecified atom stereocenters. The number of fused-ring (bicyclic) bond motifs is 1. The summed E-state index contributed by atoms with van der Waals surface area (Å²) in [5.74, 6) is 0.466. The predicted octanol–water partition coefficient (Wildman–Crippen LogP) is 4.76. The van der Waals surface area contributed by atoms with Crippen molar-refractivity contribution in [2.75, 3.05) is 12.4 Å². The van der Waals surface area contributed by atoms with Gasteiger partial charge in [0, 0.05) is 16.6 Å². The molecule has 1 heterocycles. The van der Waals surface area contributed by atoms with Crippen LogP contribution >= 0.6 is 15.9 Å². The molecule has 0 radical (unpaired) electrons. The molecule has 1 N–H and O–H groups in total. The van der Waals surface area contributed by atoms with E-state index in [-0.39, 0.29) is 5.91 Å². The summed E-state index contributed by atoms with van der Waals surface area (Å²) in [6.07, 6.45) is -0.122. The fourth-order valence-corrected chi connectivity index (χ4v) is 3.46. The average Bonchev–Trinajstić information content (AvgIpc) is 2.66. The highest BCUT2D eigenvalue weighted by atomic mass is 79.9. The van der Waals surface area contributed by atoms with Crippen LogP contribution in [0.4, 0.5) is 10.5 Å². The Labute approximate surface area is 179 Å². The number of benzene rings is 2. The Morgan fingerprint density at radius 2 is 1.79 bits per heavy atom. The second-order valence-electron chi connectivity index (χ2n) is 7.96. The standard InChI is InChI=1S/C22H25BrN2O4/c1-22(2,3)29-21(27)25-13-14-5-10-18(28-4)11-15(14)12-19(25)20(26)24-17-8-6-16(23)7-9-17/h5-11,19H,12-13H2,1-4H3,(H,24,26)/t19-/m1/s1. The van der Waals surface area contributed by atoms with Crippen LogP contribution in [-0.2, 0) is 22.5 Å². The Hall–Kier alpha value is -2.54. The van der Waals surface area contributed by atoms with E-state index in [2.05, 4.69) is 21.2 Å². The van der Waals surface area contributed by atoms with Gasteiger partial charge in [0.1, 0.15) is 17.4 Å². The largest absolute Gasteiger partial charge is 0.497 e. The maximum absolute atomic E-state index is 13.1. The number of carbonyl (C=O) groups excluding carboxylic acids is 2. The van der Waals surface area contributed by atoms with Crippen LogP contribution in [0.2, 0.25) is 0 Å². The smallest absolute Gasteiger partial charge is 0.411 e. The van der Waals surface area contributed by atoms with E-state index < -0.39 is 17.7 Å². The van der Waals surface area contributed by atoms with Gasteiger partial charge in [-0.1, -0.05) is 22.0 Å². The van der Waals surface area contributed by atoms with E-state index in [0.29, 0.717) is 18.7 Å². The molecular weight excluding hydrogens is 436 g/mol. The highest BCUT2D eigenvalue weighted by Crippen LogP contribution is 2.29. The third-order valence-electron chi connectivity index (χ3n) is 4.59. The lowest BCUT2D eigenvalue weighted by Gasteiger charge is -2.37. The Balaban J connectivity index is 1.89. The minimum absolute atomic E-state index is 0.258. The van der Waals surface area contributed by atoms with Crippen molar-refractivity contribution >= 4 is 33.6 Å². The molecule has 2 amide bonds. The Morgan fingerprint density at radius 1 is 1.10 bits per heavy atom. The number of amides is 2. The first-order valence-electron chi connectivity index (χ1n) is 9.38. The maximum Gasteiger partial charge on any atom is 0.411 e. The van der Waals surface area contributed by atoms with Gasteiger partial charge in [0.15, 0.2) is 0 Å². The zero-order chi connectivity index (χ0) is 21.2. The molecule has 2 aromatic carbocycles. The van der Waals surface area contributed by atoms with Crippen LogP contribution in [0.15, 0.2) is 46.9 Å². The molecule has 0 saturated carbocycles. The first-order valence-corrected chi connectivity index (χ1v) is 10.2. The molecule has 7 heteroatoms. The first-order chi connectivity index (χ1) is 13.7. The third-order valence-corrected chi connectivity index (χ3v) is 5.11. The molecule has 6 nitrogen and oxygen atoms in total. The number of rotatable bonds is 3. The van der Waals surface area contributed by atoms with E-state index >= 15 is 0 Å². The van der Waals surface area contributed by atoms with Gasteiger partial charge in [-0.2, -0.15) is 0 Å². The lowest BCUT2D eigenvalue weighted by molar-refractivity contribution is -0.121. The summed E-state index contributed by atoms with van der Waals surface area (Å²) in [4.78, 5) is 27.4. The molecule has 1 atom stereocenters. The van der Waals surface area contributed by atoms with Crippen LogP contribution in [0, 0.1) is 0 Å². The maximum atomic E-state index is 13.1. The quantitative estimate of drug-likeness (QED) is 0.716. The zero-order valence-electron chi connectivity index (χ0n) is 17.0. The molecule has 0 fully saturated rings. The SMILES string of the molecule is COc1ccc2c(c1)C[C@H](C(=O)Nc1ccc(Br)cc1)N(C(=O)OC(C)(C)C)C2. The summed E-state index contributed by atoms with van der Waals surface area (Å²) < 4.78 is 11.8. The number of anilines is 1. The second kappa shape index (κ2) is 8.45. The Bertz CT molecular complexity index is 906. The van der Waals surface area contributed by atoms with Crippen LogP contribution in [0.5, 0.6) is 5.75 Å². The first kappa shape index (κ1) is 21.2. The van der Waals surface area contributed by atoms with Crippen LogP contribution in [0.3, 0.4) is 0 Å². The number of nitrogens with one attached hydrogen (secondary N) is 1. The van der Waals surface area contributed by atoms with Gasteiger partial charge in [-0.05, 0) is 68.3 Å². The van der Waals surface area contributed by atoms with Gasteiger partial charge in [-0.15, -0.1) is 0 Å². The van der Waals surface area contributed by atoms with Crippen LogP contribution in [0.1, 0.15) is 31.9 Å². The van der Waals surface area contributed by atoms with Crippen molar-refractivity contribution in [3.8, 4) is 5.75 Å². The molecule has 1 aliphatic heterocycles. The van der Waals surface area contributed by atoms with E-state index in [1.54, 1.807) is 19.2 Å². The fourth-order valence-electron chi connectivity index (χ4n) is 3.19. The Kier molecular flexibility index (Phi) is 6.17. The van der Waals surface area contributed by atoms with Gasteiger partial charge in [-0.25, -0.2) is 4.79 Å². The van der Waals surface area contributed by atoms with Gasteiger partial charge >= 0.3 is 6.09 Å². The summed E-state index contributed by atoms with van der Waals surface area (Å²) >= 11 is 3.38. The molecule has 0 spiro atoms. The zero-order valence-corrected chi connectivity index (χ0v) is 18.6. The molecule has 154 valence electrons. The van der Waals surface area contributed by atoms with Gasteiger partial charge in [0.2, 0.25) is 5.91 Å². The van der Waals surface area contributed by atoms with E-state index in [1.165, 1.54) is 4.90 Å². The van der Waals surface area contributed by atoms with Crippen LogP contribution in [-0.4, -0.2) is 35.7 Å². The Morgan fingerprint density at radius 3 is 2.41 bits per heavy atom. The van der Waals surface area contributed by atoms with Gasteiger partial charge in [0.05, 0.1) is 13.7 Å². The van der Waals surface area contributed by atoms with E-state index in [0.717, 1.165) is 21.3 Å². The van der Waals surface area contributed by atoms with Gasteiger partial charge in [-0.3, -0.25) is 9.69 Å². The molecule has 0 aromatic heterocycles. The summed E-state index contributed by atoms with van der Waals surface area (Å²) in [5, 5.41) is 2.91. The third kappa shape index (κ3) is 5.29. The number of carbonyl (C=O) groups is 2. The van der Waals surface area contributed by atoms with Crippen molar-refractivity contribution in [1.29, 1.82) is 0 Å². The summed E-state index contributed by atoms with van der Waals surface area (Å²) in [6, 6.07) is 12.3. The van der Waals surface area contributed by atoms with Crippen molar-refractivity contribution in [2.24, 2.45) is 0 Å². The lowest BCUT2D eigenvalue weighted by atomic mass is 9.93.